The molecular formula is C12H21NO6. The summed E-state index contributed by atoms with van der Waals surface area (Å²) < 4.78 is 28.7. The summed E-state index contributed by atoms with van der Waals surface area (Å²) in [5.41, 5.74) is 2.12. The van der Waals surface area contributed by atoms with Gasteiger partial charge in [0.25, 0.3) is 0 Å². The number of rotatable bonds is 2. The molecule has 3 aliphatic heterocycles. The van der Waals surface area contributed by atoms with Crippen molar-refractivity contribution in [2.75, 3.05) is 6.61 Å². The number of hydrogen-bond acceptors (Lipinski definition) is 7. The van der Waals surface area contributed by atoms with Crippen molar-refractivity contribution in [1.82, 2.24) is 5.48 Å². The first kappa shape index (κ1) is 13.7. The zero-order valence-electron chi connectivity index (χ0n) is 11.6. The highest BCUT2D eigenvalue weighted by Gasteiger charge is 2.58. The molecule has 7 heteroatoms. The molecule has 0 saturated carbocycles. The molecule has 7 nitrogen and oxygen atoms in total. The lowest BCUT2D eigenvalue weighted by Crippen LogP contribution is -2.40. The van der Waals surface area contributed by atoms with Crippen LogP contribution in [0.2, 0.25) is 0 Å². The molecule has 3 rings (SSSR count). The van der Waals surface area contributed by atoms with Gasteiger partial charge < -0.3 is 28.9 Å². The van der Waals surface area contributed by atoms with Crippen LogP contribution in [0.25, 0.3) is 0 Å². The molecule has 0 bridgehead atoms. The molecular weight excluding hydrogens is 254 g/mol. The van der Waals surface area contributed by atoms with Crippen molar-refractivity contribution in [2.24, 2.45) is 0 Å². The molecule has 19 heavy (non-hydrogen) atoms. The van der Waals surface area contributed by atoms with Crippen molar-refractivity contribution >= 4 is 0 Å². The van der Waals surface area contributed by atoms with Gasteiger partial charge in [-0.25, -0.2) is 0 Å². The Balaban J connectivity index is 1.76. The Morgan fingerprint density at radius 1 is 0.947 bits per heavy atom. The largest absolute Gasteiger partial charge is 0.350 e. The molecule has 0 aliphatic carbocycles. The second kappa shape index (κ2) is 4.36. The number of fused-ring (bicyclic) bond motifs is 1. The van der Waals surface area contributed by atoms with Crippen LogP contribution >= 0.6 is 0 Å². The summed E-state index contributed by atoms with van der Waals surface area (Å²) in [7, 11) is 0. The highest BCUT2D eigenvalue weighted by molar-refractivity contribution is 5.00. The van der Waals surface area contributed by atoms with E-state index in [0.29, 0.717) is 6.61 Å². The minimum absolute atomic E-state index is 0.238. The third kappa shape index (κ3) is 2.40. The molecule has 2 N–H and O–H groups in total. The molecule has 0 amide bonds. The van der Waals surface area contributed by atoms with E-state index < -0.39 is 17.8 Å². The molecule has 5 atom stereocenters. The van der Waals surface area contributed by atoms with Gasteiger partial charge in [-0.2, -0.15) is 5.48 Å². The fourth-order valence-corrected chi connectivity index (χ4v) is 2.91. The summed E-state index contributed by atoms with van der Waals surface area (Å²) in [6.45, 7) is 7.83. The van der Waals surface area contributed by atoms with Crippen LogP contribution in [0.1, 0.15) is 27.7 Å². The van der Waals surface area contributed by atoms with Gasteiger partial charge in [-0.05, 0) is 27.7 Å². The zero-order valence-corrected chi connectivity index (χ0v) is 11.6. The second-order valence-corrected chi connectivity index (χ2v) is 6.08. The maximum atomic E-state index is 9.16. The van der Waals surface area contributed by atoms with Gasteiger partial charge in [-0.15, -0.1) is 0 Å². The van der Waals surface area contributed by atoms with Gasteiger partial charge in [0.2, 0.25) is 0 Å². The summed E-state index contributed by atoms with van der Waals surface area (Å²) in [4.78, 5) is 0. The number of hydroxylamine groups is 1. The van der Waals surface area contributed by atoms with Crippen LogP contribution < -0.4 is 5.48 Å². The highest BCUT2D eigenvalue weighted by atomic mass is 16.8. The fourth-order valence-electron chi connectivity index (χ4n) is 2.91. The average molecular weight is 275 g/mol. The van der Waals surface area contributed by atoms with Gasteiger partial charge in [0.1, 0.15) is 24.4 Å². The van der Waals surface area contributed by atoms with Gasteiger partial charge in [0.05, 0.1) is 6.61 Å². The Kier molecular flexibility index (Phi) is 3.14. The predicted molar refractivity (Wildman–Crippen MR) is 62.3 cm³/mol. The average Bonchev–Trinajstić information content (AvgIpc) is 2.89. The van der Waals surface area contributed by atoms with Crippen molar-refractivity contribution < 1.29 is 28.9 Å². The lowest BCUT2D eigenvalue weighted by molar-refractivity contribution is -0.218. The first-order valence-electron chi connectivity index (χ1n) is 6.54. The number of hydrogen-bond donors (Lipinski definition) is 2. The van der Waals surface area contributed by atoms with Crippen LogP contribution in [0, 0.1) is 0 Å². The van der Waals surface area contributed by atoms with Crippen LogP contribution in [0.4, 0.5) is 0 Å². The van der Waals surface area contributed by atoms with E-state index in [1.807, 2.05) is 27.7 Å². The molecule has 3 aliphatic rings. The molecule has 0 aromatic rings. The topological polar surface area (TPSA) is 78.4 Å². The summed E-state index contributed by atoms with van der Waals surface area (Å²) >= 11 is 0. The van der Waals surface area contributed by atoms with E-state index in [1.54, 1.807) is 0 Å². The van der Waals surface area contributed by atoms with Crippen molar-refractivity contribution in [1.29, 1.82) is 0 Å². The van der Waals surface area contributed by atoms with Crippen LogP contribution in [0.5, 0.6) is 0 Å². The Labute approximate surface area is 112 Å². The maximum Gasteiger partial charge on any atom is 0.164 e. The fraction of sp³-hybridized carbons (Fsp3) is 1.00. The monoisotopic (exact) mass is 275 g/mol. The Morgan fingerprint density at radius 2 is 1.63 bits per heavy atom. The van der Waals surface area contributed by atoms with Gasteiger partial charge in [0.15, 0.2) is 17.8 Å². The molecule has 0 radical (unpaired) electrons. The molecule has 0 unspecified atom stereocenters. The van der Waals surface area contributed by atoms with Crippen LogP contribution in [0.3, 0.4) is 0 Å². The number of ether oxygens (including phenoxy) is 5. The summed E-state index contributed by atoms with van der Waals surface area (Å²) in [6, 6.07) is 0. The molecule has 3 saturated heterocycles. The molecule has 0 aromatic heterocycles. The maximum absolute atomic E-state index is 9.16. The highest BCUT2D eigenvalue weighted by Crippen LogP contribution is 2.41. The molecule has 110 valence electrons. The Morgan fingerprint density at radius 3 is 2.21 bits per heavy atom. The van der Waals surface area contributed by atoms with Gasteiger partial charge in [-0.1, -0.05) is 0 Å². The van der Waals surface area contributed by atoms with Gasteiger partial charge >= 0.3 is 0 Å². The smallest absolute Gasteiger partial charge is 0.164 e. The van der Waals surface area contributed by atoms with Crippen molar-refractivity contribution in [3.63, 3.8) is 0 Å². The standard InChI is InChI=1S/C12H21NO6/c1-11(2)15-5-6(17-11)7-8-9(10(13-14)16-7)19-12(3,4)18-8/h6-10,13-14H,5H2,1-4H3/t6-,7+,8-,9-,10-/m0/s1. The molecule has 0 aromatic carbocycles. The molecule has 3 heterocycles. The lowest BCUT2D eigenvalue weighted by Gasteiger charge is -2.26. The first-order chi connectivity index (χ1) is 8.81. The van der Waals surface area contributed by atoms with E-state index in [9.17, 15) is 0 Å². The predicted octanol–water partition coefficient (Wildman–Crippen LogP) is 0.362. The SMILES string of the molecule is CC1(C)O[C@H]2[C@@H]([C@@H]3COC(C)(C)O3)O[C@H](NO)[C@H]2O1. The second-order valence-electron chi connectivity index (χ2n) is 6.08. The van der Waals surface area contributed by atoms with Crippen molar-refractivity contribution in [2.45, 2.75) is 69.9 Å². The summed E-state index contributed by atoms with van der Waals surface area (Å²) in [5.74, 6) is -1.31. The third-order valence-corrected chi connectivity index (χ3v) is 3.61. The van der Waals surface area contributed by atoms with Crippen LogP contribution in [-0.2, 0) is 23.7 Å². The van der Waals surface area contributed by atoms with E-state index in [0.717, 1.165) is 0 Å². The van der Waals surface area contributed by atoms with E-state index in [4.69, 9.17) is 28.9 Å². The normalized spacial score (nSPS) is 47.5. The quantitative estimate of drug-likeness (QED) is 0.704. The lowest BCUT2D eigenvalue weighted by atomic mass is 10.1. The van der Waals surface area contributed by atoms with Gasteiger partial charge in [0, 0.05) is 0 Å². The molecule has 3 fully saturated rings. The van der Waals surface area contributed by atoms with Crippen molar-refractivity contribution in [3.05, 3.63) is 0 Å². The zero-order chi connectivity index (χ0) is 13.8. The van der Waals surface area contributed by atoms with E-state index in [1.165, 1.54) is 0 Å². The third-order valence-electron chi connectivity index (χ3n) is 3.61. The minimum atomic E-state index is -0.693. The summed E-state index contributed by atoms with van der Waals surface area (Å²) in [6.07, 6.45) is -1.85. The Bertz CT molecular complexity index is 360. The minimum Gasteiger partial charge on any atom is -0.350 e. The van der Waals surface area contributed by atoms with Crippen LogP contribution in [-0.4, -0.2) is 54.0 Å². The van der Waals surface area contributed by atoms with E-state index >= 15 is 0 Å². The Hall–Kier alpha value is -0.280. The van der Waals surface area contributed by atoms with Gasteiger partial charge in [-0.3, -0.25) is 0 Å². The number of nitrogens with one attached hydrogen (secondary N) is 1. The van der Waals surface area contributed by atoms with E-state index in [2.05, 4.69) is 5.48 Å². The van der Waals surface area contributed by atoms with Crippen LogP contribution in [0.15, 0.2) is 0 Å². The van der Waals surface area contributed by atoms with Crippen molar-refractivity contribution in [3.8, 4) is 0 Å². The van der Waals surface area contributed by atoms with E-state index in [-0.39, 0.29) is 24.4 Å². The first-order valence-corrected chi connectivity index (χ1v) is 6.54. The molecule has 0 spiro atoms. The summed E-state index contributed by atoms with van der Waals surface area (Å²) in [5, 5.41) is 9.16.